The number of hydrogen-bond donors (Lipinski definition) is 4. The molecule has 0 aliphatic rings. The van der Waals surface area contributed by atoms with Gasteiger partial charge in [0.25, 0.3) is 0 Å². The van der Waals surface area contributed by atoms with E-state index in [2.05, 4.69) is 9.97 Å². The van der Waals surface area contributed by atoms with Gasteiger partial charge in [-0.15, -0.1) is 0 Å². The first kappa shape index (κ1) is 10.6. The minimum atomic E-state index is -1.65. The maximum absolute atomic E-state index is 10.7. The normalized spacial score (nSPS) is 12.9. The third-order valence-electron chi connectivity index (χ3n) is 2.38. The molecule has 4 N–H and O–H groups in total. The maximum atomic E-state index is 10.7. The number of carboxylic acid groups (broad SMARTS) is 1. The summed E-state index contributed by atoms with van der Waals surface area (Å²) in [7, 11) is 0. The second-order valence-electron chi connectivity index (χ2n) is 3.37. The number of H-pyrrole nitrogens is 1. The molecule has 0 radical (unpaired) electrons. The first-order valence-corrected chi connectivity index (χ1v) is 4.61. The second kappa shape index (κ2) is 3.92. The summed E-state index contributed by atoms with van der Waals surface area (Å²) >= 11 is 0. The molecule has 0 saturated carbocycles. The zero-order valence-corrected chi connectivity index (χ0v) is 8.21. The molecule has 0 amide bonds. The van der Waals surface area contributed by atoms with Gasteiger partial charge in [-0.3, -0.25) is 0 Å². The van der Waals surface area contributed by atoms with E-state index in [1.165, 1.54) is 12.4 Å². The number of carboxylic acids is 1. The van der Waals surface area contributed by atoms with Crippen molar-refractivity contribution in [3.8, 4) is 0 Å². The number of nitrogens with one attached hydrogen (secondary N) is 1. The molecule has 6 heteroatoms. The average molecular weight is 222 g/mol. The zero-order valence-electron chi connectivity index (χ0n) is 8.21. The van der Waals surface area contributed by atoms with Gasteiger partial charge in [0.05, 0.1) is 24.0 Å². The molecule has 0 spiro atoms. The van der Waals surface area contributed by atoms with E-state index in [9.17, 15) is 9.90 Å². The highest BCUT2D eigenvalue weighted by Gasteiger charge is 2.20. The molecule has 1 unspecified atom stereocenters. The molecular weight excluding hydrogens is 212 g/mol. The predicted octanol–water partition coefficient (Wildman–Crippen LogP) is 0.173. The van der Waals surface area contributed by atoms with E-state index in [-0.39, 0.29) is 12.2 Å². The Hall–Kier alpha value is -1.92. The van der Waals surface area contributed by atoms with Crippen molar-refractivity contribution in [2.75, 3.05) is 0 Å². The van der Waals surface area contributed by atoms with Gasteiger partial charge in [-0.25, -0.2) is 9.78 Å². The summed E-state index contributed by atoms with van der Waals surface area (Å²) < 4.78 is 0. The van der Waals surface area contributed by atoms with Crippen LogP contribution in [0.15, 0.2) is 18.5 Å². The Morgan fingerprint density at radius 1 is 1.50 bits per heavy atom. The van der Waals surface area contributed by atoms with Crippen LogP contribution in [0.3, 0.4) is 0 Å². The van der Waals surface area contributed by atoms with Crippen LogP contribution >= 0.6 is 0 Å². The molecule has 0 fully saturated rings. The van der Waals surface area contributed by atoms with Crippen LogP contribution < -0.4 is 0 Å². The van der Waals surface area contributed by atoms with Crippen LogP contribution in [0.1, 0.15) is 17.2 Å². The molecule has 1 heterocycles. The van der Waals surface area contributed by atoms with Crippen molar-refractivity contribution in [3.05, 3.63) is 29.6 Å². The summed E-state index contributed by atoms with van der Waals surface area (Å²) in [6.45, 7) is -0.339. The van der Waals surface area contributed by atoms with Crippen LogP contribution in [0.2, 0.25) is 0 Å². The van der Waals surface area contributed by atoms with E-state index >= 15 is 0 Å². The first-order valence-electron chi connectivity index (χ1n) is 4.61. The van der Waals surface area contributed by atoms with Crippen molar-refractivity contribution in [1.29, 1.82) is 0 Å². The quantitative estimate of drug-likeness (QED) is 0.592. The van der Waals surface area contributed by atoms with E-state index in [4.69, 9.17) is 10.2 Å². The fourth-order valence-electron chi connectivity index (χ4n) is 1.57. The van der Waals surface area contributed by atoms with Gasteiger partial charge in [-0.2, -0.15) is 0 Å². The number of carbonyl (C=O) groups is 1. The number of aromatic amines is 1. The maximum Gasteiger partial charge on any atom is 0.337 e. The third-order valence-corrected chi connectivity index (χ3v) is 2.38. The Morgan fingerprint density at radius 3 is 2.88 bits per heavy atom. The number of aliphatic carboxylic acids is 1. The van der Waals surface area contributed by atoms with Crippen molar-refractivity contribution in [2.24, 2.45) is 0 Å². The number of aliphatic hydroxyl groups is 2. The summed E-state index contributed by atoms with van der Waals surface area (Å²) in [5.41, 5.74) is 1.76. The molecule has 1 aromatic heterocycles. The van der Waals surface area contributed by atoms with Gasteiger partial charge >= 0.3 is 5.97 Å². The van der Waals surface area contributed by atoms with Gasteiger partial charge in [0, 0.05) is 0 Å². The highest BCUT2D eigenvalue weighted by Crippen LogP contribution is 2.23. The van der Waals surface area contributed by atoms with Crippen molar-refractivity contribution >= 4 is 17.0 Å². The standard InChI is InChI=1S/C10H10N2O4/c13-3-5-1-7-8(12-4-11-7)2-6(5)9(14)10(15)16/h1-2,4,9,13-14H,3H2,(H,11,12)(H,15,16). The number of imidazole rings is 1. The molecule has 6 nitrogen and oxygen atoms in total. The van der Waals surface area contributed by atoms with E-state index in [1.807, 2.05) is 0 Å². The number of aromatic nitrogens is 2. The lowest BCUT2D eigenvalue weighted by Gasteiger charge is -2.10. The van der Waals surface area contributed by atoms with E-state index < -0.39 is 12.1 Å². The van der Waals surface area contributed by atoms with E-state index in [1.54, 1.807) is 6.07 Å². The molecule has 2 rings (SSSR count). The number of fused-ring (bicyclic) bond motifs is 1. The summed E-state index contributed by atoms with van der Waals surface area (Å²) in [5.74, 6) is -1.36. The van der Waals surface area contributed by atoms with Crippen molar-refractivity contribution in [2.45, 2.75) is 12.7 Å². The van der Waals surface area contributed by atoms with Crippen LogP contribution in [-0.4, -0.2) is 31.3 Å². The topological polar surface area (TPSA) is 106 Å². The monoisotopic (exact) mass is 222 g/mol. The predicted molar refractivity (Wildman–Crippen MR) is 54.6 cm³/mol. The van der Waals surface area contributed by atoms with Crippen LogP contribution in [-0.2, 0) is 11.4 Å². The highest BCUT2D eigenvalue weighted by atomic mass is 16.4. The Morgan fingerprint density at radius 2 is 2.25 bits per heavy atom. The van der Waals surface area contributed by atoms with Crippen molar-refractivity contribution in [3.63, 3.8) is 0 Å². The molecule has 0 saturated heterocycles. The Labute approximate surface area is 90.2 Å². The number of aliphatic hydroxyl groups excluding tert-OH is 2. The van der Waals surface area contributed by atoms with Gasteiger partial charge in [0.15, 0.2) is 6.10 Å². The van der Waals surface area contributed by atoms with Crippen LogP contribution in [0.4, 0.5) is 0 Å². The number of rotatable bonds is 3. The number of benzene rings is 1. The molecule has 16 heavy (non-hydrogen) atoms. The average Bonchev–Trinajstić information content (AvgIpc) is 2.72. The second-order valence-corrected chi connectivity index (χ2v) is 3.37. The molecule has 0 bridgehead atoms. The van der Waals surface area contributed by atoms with Crippen LogP contribution in [0.5, 0.6) is 0 Å². The largest absolute Gasteiger partial charge is 0.479 e. The Bertz CT molecular complexity index is 535. The molecule has 84 valence electrons. The smallest absolute Gasteiger partial charge is 0.337 e. The minimum Gasteiger partial charge on any atom is -0.479 e. The van der Waals surface area contributed by atoms with Crippen molar-refractivity contribution in [1.82, 2.24) is 9.97 Å². The molecule has 0 aliphatic carbocycles. The van der Waals surface area contributed by atoms with Gasteiger partial charge in [-0.05, 0) is 23.3 Å². The fraction of sp³-hybridized carbons (Fsp3) is 0.200. The molecular formula is C10H10N2O4. The van der Waals surface area contributed by atoms with Crippen molar-refractivity contribution < 1.29 is 20.1 Å². The summed E-state index contributed by atoms with van der Waals surface area (Å²) in [6.07, 6.45) is -0.189. The lowest BCUT2D eigenvalue weighted by atomic mass is 10.0. The Kier molecular flexibility index (Phi) is 2.59. The SMILES string of the molecule is O=C(O)C(O)c1cc2nc[nH]c2cc1CO. The summed E-state index contributed by atoms with van der Waals surface area (Å²) in [5, 5.41) is 27.3. The highest BCUT2D eigenvalue weighted by molar-refractivity contribution is 5.81. The first-order chi connectivity index (χ1) is 7.63. The van der Waals surface area contributed by atoms with Gasteiger partial charge in [0.1, 0.15) is 0 Å². The van der Waals surface area contributed by atoms with Gasteiger partial charge in [-0.1, -0.05) is 0 Å². The van der Waals surface area contributed by atoms with Crippen LogP contribution in [0, 0.1) is 0 Å². The van der Waals surface area contributed by atoms with E-state index in [0.717, 1.165) is 0 Å². The van der Waals surface area contributed by atoms with Gasteiger partial charge < -0.3 is 20.3 Å². The Balaban J connectivity index is 2.61. The molecule has 1 atom stereocenters. The number of nitrogens with zero attached hydrogens (tertiary/aromatic N) is 1. The minimum absolute atomic E-state index is 0.162. The molecule has 0 aliphatic heterocycles. The van der Waals surface area contributed by atoms with E-state index in [0.29, 0.717) is 16.6 Å². The summed E-state index contributed by atoms with van der Waals surface area (Å²) in [6, 6.07) is 3.03. The molecule has 2 aromatic rings. The lowest BCUT2D eigenvalue weighted by molar-refractivity contribution is -0.147. The third kappa shape index (κ3) is 1.64. The fourth-order valence-corrected chi connectivity index (χ4v) is 1.57. The summed E-state index contributed by atoms with van der Waals surface area (Å²) in [4.78, 5) is 17.5. The van der Waals surface area contributed by atoms with Crippen LogP contribution in [0.25, 0.3) is 11.0 Å². The number of hydrogen-bond acceptors (Lipinski definition) is 4. The lowest BCUT2D eigenvalue weighted by Crippen LogP contribution is -2.12. The van der Waals surface area contributed by atoms with Gasteiger partial charge in [0.2, 0.25) is 0 Å². The molecule has 1 aromatic carbocycles. The zero-order chi connectivity index (χ0) is 11.7.